The molecule has 5 nitrogen and oxygen atoms in total. The summed E-state index contributed by atoms with van der Waals surface area (Å²) in [5.74, 6) is 2.00. The quantitative estimate of drug-likeness (QED) is 0.543. The number of ether oxygens (including phenoxy) is 2. The van der Waals surface area contributed by atoms with Crippen molar-refractivity contribution in [1.29, 1.82) is 0 Å². The summed E-state index contributed by atoms with van der Waals surface area (Å²) in [6.07, 6.45) is 2.26. The third-order valence-electron chi connectivity index (χ3n) is 6.42. The van der Waals surface area contributed by atoms with Gasteiger partial charge in [-0.2, -0.15) is 5.10 Å². The van der Waals surface area contributed by atoms with Crippen LogP contribution in [0.1, 0.15) is 17.2 Å². The number of piperidine rings is 1. The highest BCUT2D eigenvalue weighted by molar-refractivity contribution is 6.09. The standard InChI is InChI=1S/C28H29N3O2/c1-30-18-22(17-20-9-13-24(32-2)14-10-20)27-26(19-30)28(21-11-15-25(33-3)16-12-21)31(29-27)23-7-5-4-6-8-23/h4-17,26,28H,18-19H2,1-3H3/b22-17+. The number of para-hydroxylation sites is 1. The number of hydrogen-bond donors (Lipinski definition) is 0. The maximum atomic E-state index is 5.40. The van der Waals surface area contributed by atoms with E-state index >= 15 is 0 Å². The highest BCUT2D eigenvalue weighted by Gasteiger charge is 2.43. The van der Waals surface area contributed by atoms with Crippen LogP contribution in [0.4, 0.5) is 5.69 Å². The smallest absolute Gasteiger partial charge is 0.118 e. The molecule has 0 aromatic heterocycles. The van der Waals surface area contributed by atoms with E-state index in [0.717, 1.165) is 35.8 Å². The van der Waals surface area contributed by atoms with Crippen LogP contribution < -0.4 is 14.5 Å². The Morgan fingerprint density at radius 2 is 1.48 bits per heavy atom. The van der Waals surface area contributed by atoms with Gasteiger partial charge in [-0.15, -0.1) is 0 Å². The molecule has 0 saturated carbocycles. The fraction of sp³-hybridized carbons (Fsp3) is 0.250. The first-order valence-corrected chi connectivity index (χ1v) is 11.3. The first kappa shape index (κ1) is 21.3. The van der Waals surface area contributed by atoms with Crippen molar-refractivity contribution < 1.29 is 9.47 Å². The van der Waals surface area contributed by atoms with Crippen LogP contribution >= 0.6 is 0 Å². The molecule has 2 unspecified atom stereocenters. The molecule has 0 aliphatic carbocycles. The Hall–Kier alpha value is -3.57. The minimum absolute atomic E-state index is 0.121. The van der Waals surface area contributed by atoms with Crippen LogP contribution in [0.15, 0.2) is 89.5 Å². The topological polar surface area (TPSA) is 37.3 Å². The summed E-state index contributed by atoms with van der Waals surface area (Å²) in [6.45, 7) is 1.83. The number of methoxy groups -OCH3 is 2. The van der Waals surface area contributed by atoms with Gasteiger partial charge in [-0.3, -0.25) is 5.01 Å². The van der Waals surface area contributed by atoms with E-state index in [0.29, 0.717) is 0 Å². The average molecular weight is 440 g/mol. The number of benzene rings is 3. The Bertz CT molecular complexity index is 1150. The zero-order valence-corrected chi connectivity index (χ0v) is 19.3. The Morgan fingerprint density at radius 3 is 2.12 bits per heavy atom. The number of nitrogens with zero attached hydrogens (tertiary/aromatic N) is 3. The molecule has 2 atom stereocenters. The van der Waals surface area contributed by atoms with Crippen LogP contribution in [0.25, 0.3) is 6.08 Å². The fourth-order valence-corrected chi connectivity index (χ4v) is 4.83. The second kappa shape index (κ2) is 9.12. The van der Waals surface area contributed by atoms with Crippen LogP contribution in [0.2, 0.25) is 0 Å². The highest BCUT2D eigenvalue weighted by Crippen LogP contribution is 2.43. The summed E-state index contributed by atoms with van der Waals surface area (Å²) in [7, 11) is 5.59. The Morgan fingerprint density at radius 1 is 0.848 bits per heavy atom. The van der Waals surface area contributed by atoms with Gasteiger partial charge in [0.05, 0.1) is 31.7 Å². The normalized spacial score (nSPS) is 21.6. The lowest BCUT2D eigenvalue weighted by Gasteiger charge is -2.34. The minimum Gasteiger partial charge on any atom is -0.497 e. The predicted octanol–water partition coefficient (Wildman–Crippen LogP) is 5.27. The fourth-order valence-electron chi connectivity index (χ4n) is 4.83. The average Bonchev–Trinajstić information content (AvgIpc) is 3.24. The summed E-state index contributed by atoms with van der Waals surface area (Å²) in [6, 6.07) is 27.2. The number of anilines is 1. The zero-order valence-electron chi connectivity index (χ0n) is 19.3. The number of hydrogen-bond acceptors (Lipinski definition) is 5. The molecule has 2 aliphatic rings. The van der Waals surface area contributed by atoms with E-state index in [-0.39, 0.29) is 12.0 Å². The minimum atomic E-state index is 0.121. The van der Waals surface area contributed by atoms with Crippen LogP contribution in [-0.2, 0) is 0 Å². The van der Waals surface area contributed by atoms with Gasteiger partial charge in [0, 0.05) is 19.0 Å². The molecule has 3 aromatic carbocycles. The van der Waals surface area contributed by atoms with E-state index in [1.165, 1.54) is 16.8 Å². The number of hydrazone groups is 1. The van der Waals surface area contributed by atoms with Crippen molar-refractivity contribution in [3.05, 3.63) is 95.6 Å². The summed E-state index contributed by atoms with van der Waals surface area (Å²) in [4.78, 5) is 2.39. The molecular weight excluding hydrogens is 410 g/mol. The van der Waals surface area contributed by atoms with Crippen molar-refractivity contribution in [1.82, 2.24) is 4.90 Å². The molecule has 0 spiro atoms. The van der Waals surface area contributed by atoms with Crippen molar-refractivity contribution in [3.8, 4) is 11.5 Å². The third kappa shape index (κ3) is 4.24. The van der Waals surface area contributed by atoms with Gasteiger partial charge in [0.25, 0.3) is 0 Å². The molecule has 0 N–H and O–H groups in total. The molecule has 1 saturated heterocycles. The third-order valence-corrected chi connectivity index (χ3v) is 6.42. The van der Waals surface area contributed by atoms with Crippen molar-refractivity contribution in [2.75, 3.05) is 39.4 Å². The van der Waals surface area contributed by atoms with Gasteiger partial charge in [0.2, 0.25) is 0 Å². The van der Waals surface area contributed by atoms with Gasteiger partial charge in [0.15, 0.2) is 0 Å². The van der Waals surface area contributed by atoms with Crippen molar-refractivity contribution >= 4 is 17.5 Å². The molecule has 3 aromatic rings. The number of likely N-dealkylation sites (N-methyl/N-ethyl adjacent to an activating group) is 1. The molecule has 0 radical (unpaired) electrons. The van der Waals surface area contributed by atoms with Gasteiger partial charge in [-0.25, -0.2) is 0 Å². The Kier molecular flexibility index (Phi) is 5.88. The van der Waals surface area contributed by atoms with E-state index in [1.54, 1.807) is 14.2 Å². The predicted molar refractivity (Wildman–Crippen MR) is 134 cm³/mol. The lowest BCUT2D eigenvalue weighted by molar-refractivity contribution is 0.303. The number of rotatable bonds is 5. The number of fused-ring (bicyclic) bond motifs is 1. The van der Waals surface area contributed by atoms with E-state index in [2.05, 4.69) is 71.6 Å². The molecule has 2 aliphatic heterocycles. The van der Waals surface area contributed by atoms with Crippen LogP contribution in [0.5, 0.6) is 11.5 Å². The van der Waals surface area contributed by atoms with Crippen molar-refractivity contribution in [2.45, 2.75) is 6.04 Å². The van der Waals surface area contributed by atoms with Gasteiger partial charge in [-0.05, 0) is 66.2 Å². The molecule has 0 bridgehead atoms. The van der Waals surface area contributed by atoms with Crippen LogP contribution in [0.3, 0.4) is 0 Å². The van der Waals surface area contributed by atoms with Gasteiger partial charge < -0.3 is 14.4 Å². The first-order chi connectivity index (χ1) is 16.2. The molecule has 168 valence electrons. The molecule has 0 amide bonds. The summed E-state index contributed by atoms with van der Waals surface area (Å²) in [5, 5.41) is 7.42. The van der Waals surface area contributed by atoms with E-state index in [9.17, 15) is 0 Å². The molecular formula is C28H29N3O2. The number of likely N-dealkylation sites (tertiary alicyclic amines) is 1. The Balaban J connectivity index is 1.57. The summed E-state index contributed by atoms with van der Waals surface area (Å²) < 4.78 is 10.7. The molecule has 33 heavy (non-hydrogen) atoms. The summed E-state index contributed by atoms with van der Waals surface area (Å²) >= 11 is 0. The molecule has 5 heteroatoms. The maximum Gasteiger partial charge on any atom is 0.118 e. The van der Waals surface area contributed by atoms with E-state index in [4.69, 9.17) is 14.6 Å². The highest BCUT2D eigenvalue weighted by atomic mass is 16.5. The maximum absolute atomic E-state index is 5.40. The van der Waals surface area contributed by atoms with Gasteiger partial charge in [-0.1, -0.05) is 42.5 Å². The van der Waals surface area contributed by atoms with Crippen molar-refractivity contribution in [3.63, 3.8) is 0 Å². The SMILES string of the molecule is COc1ccc(/C=C2\CN(C)CC3C2=NN(c2ccccc2)C3c2ccc(OC)cc2)cc1. The molecule has 1 fully saturated rings. The monoisotopic (exact) mass is 439 g/mol. The lowest BCUT2D eigenvalue weighted by Crippen LogP contribution is -2.41. The second-order valence-corrected chi connectivity index (χ2v) is 8.63. The van der Waals surface area contributed by atoms with Gasteiger partial charge >= 0.3 is 0 Å². The van der Waals surface area contributed by atoms with E-state index < -0.39 is 0 Å². The van der Waals surface area contributed by atoms with E-state index in [1.807, 2.05) is 30.3 Å². The molecule has 2 heterocycles. The second-order valence-electron chi connectivity index (χ2n) is 8.63. The first-order valence-electron chi connectivity index (χ1n) is 11.3. The Labute approximate surface area is 195 Å². The summed E-state index contributed by atoms with van der Waals surface area (Å²) in [5.41, 5.74) is 5.93. The zero-order chi connectivity index (χ0) is 22.8. The largest absolute Gasteiger partial charge is 0.497 e. The van der Waals surface area contributed by atoms with Crippen molar-refractivity contribution in [2.24, 2.45) is 11.0 Å². The van der Waals surface area contributed by atoms with Gasteiger partial charge in [0.1, 0.15) is 11.5 Å². The lowest BCUT2D eigenvalue weighted by atomic mass is 9.83. The van der Waals surface area contributed by atoms with Crippen LogP contribution in [0, 0.1) is 5.92 Å². The van der Waals surface area contributed by atoms with Crippen LogP contribution in [-0.4, -0.2) is 45.0 Å². The molecule has 5 rings (SSSR count).